The predicted molar refractivity (Wildman–Crippen MR) is 81.4 cm³/mol. The SMILES string of the molecule is C=CCC1(C(=O)OCC)CCCCC1(O)CCCCC. The summed E-state index contributed by atoms with van der Waals surface area (Å²) >= 11 is 0. The molecule has 1 rings (SSSR count). The van der Waals surface area contributed by atoms with E-state index in [1.54, 1.807) is 6.08 Å². The second-order valence-corrected chi connectivity index (χ2v) is 5.99. The van der Waals surface area contributed by atoms with E-state index in [1.807, 2.05) is 6.92 Å². The van der Waals surface area contributed by atoms with Gasteiger partial charge in [0.2, 0.25) is 0 Å². The zero-order valence-corrected chi connectivity index (χ0v) is 13.1. The van der Waals surface area contributed by atoms with Crippen molar-refractivity contribution in [2.45, 2.75) is 77.2 Å². The molecule has 0 amide bonds. The molecule has 0 radical (unpaired) electrons. The van der Waals surface area contributed by atoms with Crippen molar-refractivity contribution in [1.29, 1.82) is 0 Å². The third-order valence-corrected chi connectivity index (χ3v) is 4.69. The fourth-order valence-electron chi connectivity index (χ4n) is 3.53. The molecule has 1 aliphatic rings. The lowest BCUT2D eigenvalue weighted by Crippen LogP contribution is -2.55. The summed E-state index contributed by atoms with van der Waals surface area (Å²) in [6, 6.07) is 0. The normalized spacial score (nSPS) is 29.9. The second-order valence-electron chi connectivity index (χ2n) is 5.99. The number of esters is 1. The number of carbonyl (C=O) groups excluding carboxylic acids is 1. The van der Waals surface area contributed by atoms with Gasteiger partial charge in [0.05, 0.1) is 17.6 Å². The van der Waals surface area contributed by atoms with E-state index in [9.17, 15) is 9.90 Å². The average molecular weight is 282 g/mol. The number of aliphatic hydroxyl groups is 1. The van der Waals surface area contributed by atoms with Crippen molar-refractivity contribution in [2.75, 3.05) is 6.61 Å². The van der Waals surface area contributed by atoms with Gasteiger partial charge in [0.1, 0.15) is 0 Å². The van der Waals surface area contributed by atoms with Crippen LogP contribution in [0.5, 0.6) is 0 Å². The summed E-state index contributed by atoms with van der Waals surface area (Å²) in [7, 11) is 0. The number of carbonyl (C=O) groups is 1. The van der Waals surface area contributed by atoms with Crippen LogP contribution >= 0.6 is 0 Å². The molecule has 0 aromatic heterocycles. The minimum atomic E-state index is -0.930. The van der Waals surface area contributed by atoms with Gasteiger partial charge < -0.3 is 9.84 Å². The number of unbranched alkanes of at least 4 members (excludes halogenated alkanes) is 2. The average Bonchev–Trinajstić information content (AvgIpc) is 2.42. The van der Waals surface area contributed by atoms with Gasteiger partial charge in [0.15, 0.2) is 0 Å². The first-order valence-corrected chi connectivity index (χ1v) is 8.07. The summed E-state index contributed by atoms with van der Waals surface area (Å²) in [5, 5.41) is 11.2. The minimum Gasteiger partial charge on any atom is -0.465 e. The van der Waals surface area contributed by atoms with Crippen LogP contribution in [0.2, 0.25) is 0 Å². The summed E-state index contributed by atoms with van der Waals surface area (Å²) in [4.78, 5) is 12.5. The molecule has 0 aromatic rings. The Hall–Kier alpha value is -0.830. The van der Waals surface area contributed by atoms with E-state index in [-0.39, 0.29) is 5.97 Å². The number of rotatable bonds is 8. The van der Waals surface area contributed by atoms with E-state index in [0.717, 1.165) is 32.1 Å². The Morgan fingerprint density at radius 3 is 2.60 bits per heavy atom. The summed E-state index contributed by atoms with van der Waals surface area (Å²) < 4.78 is 5.29. The second kappa shape index (κ2) is 7.82. The minimum absolute atomic E-state index is 0.237. The first-order valence-electron chi connectivity index (χ1n) is 8.07. The molecular weight excluding hydrogens is 252 g/mol. The number of ether oxygens (including phenoxy) is 1. The van der Waals surface area contributed by atoms with Crippen molar-refractivity contribution in [2.24, 2.45) is 5.41 Å². The molecule has 0 spiro atoms. The lowest BCUT2D eigenvalue weighted by molar-refractivity contribution is -0.185. The van der Waals surface area contributed by atoms with Crippen molar-refractivity contribution >= 4 is 5.97 Å². The van der Waals surface area contributed by atoms with Crippen molar-refractivity contribution in [3.05, 3.63) is 12.7 Å². The maximum atomic E-state index is 12.5. The molecule has 1 N–H and O–H groups in total. The molecule has 2 unspecified atom stereocenters. The quantitative estimate of drug-likeness (QED) is 0.416. The first kappa shape index (κ1) is 17.2. The van der Waals surface area contributed by atoms with Crippen LogP contribution in [0.4, 0.5) is 0 Å². The molecule has 2 atom stereocenters. The molecule has 0 aromatic carbocycles. The van der Waals surface area contributed by atoms with Gasteiger partial charge in [0.25, 0.3) is 0 Å². The fraction of sp³-hybridized carbons (Fsp3) is 0.824. The van der Waals surface area contributed by atoms with Gasteiger partial charge in [-0.05, 0) is 32.6 Å². The zero-order valence-electron chi connectivity index (χ0n) is 13.1. The molecule has 1 fully saturated rings. The van der Waals surface area contributed by atoms with Gasteiger partial charge in [-0.3, -0.25) is 4.79 Å². The molecule has 0 bridgehead atoms. The Morgan fingerprint density at radius 1 is 1.30 bits per heavy atom. The number of hydrogen-bond acceptors (Lipinski definition) is 3. The van der Waals surface area contributed by atoms with Crippen LogP contribution < -0.4 is 0 Å². The predicted octanol–water partition coefficient (Wildman–Crippen LogP) is 4.00. The molecule has 20 heavy (non-hydrogen) atoms. The van der Waals surface area contributed by atoms with Gasteiger partial charge in [-0.25, -0.2) is 0 Å². The topological polar surface area (TPSA) is 46.5 Å². The lowest BCUT2D eigenvalue weighted by atomic mass is 9.59. The lowest BCUT2D eigenvalue weighted by Gasteiger charge is -2.48. The monoisotopic (exact) mass is 282 g/mol. The Labute approximate surface area is 123 Å². The van der Waals surface area contributed by atoms with Crippen molar-refractivity contribution in [3.8, 4) is 0 Å². The highest BCUT2D eigenvalue weighted by Crippen LogP contribution is 2.50. The van der Waals surface area contributed by atoms with Crippen LogP contribution in [0.25, 0.3) is 0 Å². The molecule has 3 heteroatoms. The number of allylic oxidation sites excluding steroid dienone is 1. The van der Waals surface area contributed by atoms with E-state index in [0.29, 0.717) is 32.3 Å². The van der Waals surface area contributed by atoms with E-state index >= 15 is 0 Å². The maximum Gasteiger partial charge on any atom is 0.315 e. The summed E-state index contributed by atoms with van der Waals surface area (Å²) in [6.07, 6.45) is 9.49. The van der Waals surface area contributed by atoms with Crippen LogP contribution in [0.1, 0.15) is 71.6 Å². The number of hydrogen-bond donors (Lipinski definition) is 1. The van der Waals surface area contributed by atoms with E-state index in [4.69, 9.17) is 4.74 Å². The third kappa shape index (κ3) is 3.43. The van der Waals surface area contributed by atoms with Gasteiger partial charge in [-0.15, -0.1) is 6.58 Å². The van der Waals surface area contributed by atoms with E-state index < -0.39 is 11.0 Å². The summed E-state index contributed by atoms with van der Waals surface area (Å²) in [5.41, 5.74) is -1.71. The van der Waals surface area contributed by atoms with Gasteiger partial charge >= 0.3 is 5.97 Å². The van der Waals surface area contributed by atoms with E-state index in [1.165, 1.54) is 0 Å². The highest BCUT2D eigenvalue weighted by molar-refractivity contribution is 5.79. The first-order chi connectivity index (χ1) is 9.56. The van der Waals surface area contributed by atoms with Crippen LogP contribution in [0, 0.1) is 5.41 Å². The molecule has 116 valence electrons. The van der Waals surface area contributed by atoms with Gasteiger partial charge in [-0.1, -0.05) is 45.1 Å². The molecule has 1 aliphatic carbocycles. The van der Waals surface area contributed by atoms with Crippen molar-refractivity contribution in [1.82, 2.24) is 0 Å². The largest absolute Gasteiger partial charge is 0.465 e. The van der Waals surface area contributed by atoms with Crippen LogP contribution in [0.3, 0.4) is 0 Å². The van der Waals surface area contributed by atoms with Crippen molar-refractivity contribution < 1.29 is 14.6 Å². The van der Waals surface area contributed by atoms with Crippen LogP contribution in [-0.4, -0.2) is 23.3 Å². The van der Waals surface area contributed by atoms with Crippen molar-refractivity contribution in [3.63, 3.8) is 0 Å². The summed E-state index contributed by atoms with van der Waals surface area (Å²) in [5.74, 6) is -0.237. The highest BCUT2D eigenvalue weighted by atomic mass is 16.5. The Balaban J connectivity index is 2.99. The highest BCUT2D eigenvalue weighted by Gasteiger charge is 2.56. The van der Waals surface area contributed by atoms with Gasteiger partial charge in [-0.2, -0.15) is 0 Å². The smallest absolute Gasteiger partial charge is 0.315 e. The van der Waals surface area contributed by atoms with Crippen LogP contribution in [-0.2, 0) is 9.53 Å². The maximum absolute atomic E-state index is 12.5. The third-order valence-electron chi connectivity index (χ3n) is 4.69. The van der Waals surface area contributed by atoms with Crippen LogP contribution in [0.15, 0.2) is 12.7 Å². The molecule has 0 saturated heterocycles. The molecule has 1 saturated carbocycles. The Kier molecular flexibility index (Phi) is 6.74. The molecular formula is C17H30O3. The Morgan fingerprint density at radius 2 is 2.00 bits per heavy atom. The zero-order chi connectivity index (χ0) is 15.1. The van der Waals surface area contributed by atoms with Gasteiger partial charge in [0, 0.05) is 0 Å². The molecule has 3 nitrogen and oxygen atoms in total. The Bertz CT molecular complexity index is 326. The summed E-state index contributed by atoms with van der Waals surface area (Å²) in [6.45, 7) is 8.11. The van der Waals surface area contributed by atoms with E-state index in [2.05, 4.69) is 13.5 Å². The standard InChI is InChI=1S/C17H30O3/c1-4-7-8-13-17(19)14-10-9-12-16(17,11-5-2)15(18)20-6-3/h5,19H,2,4,6-14H2,1,3H3. The molecule has 0 heterocycles. The fourth-order valence-corrected chi connectivity index (χ4v) is 3.53. The molecule has 0 aliphatic heterocycles.